The van der Waals surface area contributed by atoms with Gasteiger partial charge in [-0.1, -0.05) is 18.2 Å². The maximum absolute atomic E-state index is 12.7. The summed E-state index contributed by atoms with van der Waals surface area (Å²) in [6, 6.07) is 11.2. The fourth-order valence-electron chi connectivity index (χ4n) is 2.43. The summed E-state index contributed by atoms with van der Waals surface area (Å²) < 4.78 is 43.4. The molecule has 0 aliphatic heterocycles. The Bertz CT molecular complexity index is 998. The molecule has 2 aromatic rings. The van der Waals surface area contributed by atoms with E-state index in [4.69, 9.17) is 15.6 Å². The molecule has 0 atom stereocenters. The first-order valence-corrected chi connectivity index (χ1v) is 8.77. The normalized spacial score (nSPS) is 12.1. The number of nitrogens with zero attached hydrogens (tertiary/aromatic N) is 2. The van der Waals surface area contributed by atoms with Crippen molar-refractivity contribution < 1.29 is 22.7 Å². The number of rotatable bonds is 9. The Morgan fingerprint density at radius 3 is 2.53 bits per heavy atom. The molecule has 0 bridgehead atoms. The predicted octanol–water partition coefficient (Wildman–Crippen LogP) is 5.21. The molecule has 30 heavy (non-hydrogen) atoms. The molecular formula is C21H19F3N4O2. The lowest BCUT2D eigenvalue weighted by Gasteiger charge is -2.08. The van der Waals surface area contributed by atoms with Crippen molar-refractivity contribution in [2.24, 2.45) is 9.98 Å². The van der Waals surface area contributed by atoms with Crippen LogP contribution in [0.3, 0.4) is 0 Å². The quantitative estimate of drug-likeness (QED) is 0.549. The maximum Gasteiger partial charge on any atom is 0.416 e. The number of halogens is 3. The largest absolute Gasteiger partial charge is 0.494 e. The number of para-hydroxylation sites is 2. The first-order valence-electron chi connectivity index (χ1n) is 8.77. The lowest BCUT2D eigenvalue weighted by molar-refractivity contribution is -0.137. The molecule has 9 heteroatoms. The maximum atomic E-state index is 12.7. The second kappa shape index (κ2) is 10.2. The van der Waals surface area contributed by atoms with Crippen molar-refractivity contribution in [3.63, 3.8) is 0 Å². The molecule has 0 fully saturated rings. The highest BCUT2D eigenvalue weighted by Crippen LogP contribution is 2.31. The summed E-state index contributed by atoms with van der Waals surface area (Å²) in [5.41, 5.74) is -0.709. The van der Waals surface area contributed by atoms with Gasteiger partial charge in [0.1, 0.15) is 17.1 Å². The van der Waals surface area contributed by atoms with E-state index < -0.39 is 23.2 Å². The van der Waals surface area contributed by atoms with Crippen LogP contribution in [0, 0.1) is 10.8 Å². The SMILES string of the molecule is COc1ccccc1N=C(CC=N)C(=N)C(=O)CC=Nc1cccc(C(F)(F)F)c1. The van der Waals surface area contributed by atoms with Crippen molar-refractivity contribution in [1.82, 2.24) is 0 Å². The van der Waals surface area contributed by atoms with Crippen molar-refractivity contribution >= 4 is 41.0 Å². The second-order valence-corrected chi connectivity index (χ2v) is 6.00. The molecule has 2 aromatic carbocycles. The molecule has 0 aromatic heterocycles. The zero-order valence-electron chi connectivity index (χ0n) is 16.0. The van der Waals surface area contributed by atoms with Gasteiger partial charge in [-0.25, -0.2) is 4.99 Å². The van der Waals surface area contributed by atoms with Gasteiger partial charge in [-0.15, -0.1) is 0 Å². The monoisotopic (exact) mass is 416 g/mol. The molecule has 0 radical (unpaired) electrons. The van der Waals surface area contributed by atoms with Gasteiger partial charge >= 0.3 is 6.18 Å². The van der Waals surface area contributed by atoms with E-state index in [-0.39, 0.29) is 24.2 Å². The minimum Gasteiger partial charge on any atom is -0.494 e. The number of nitrogens with one attached hydrogen (secondary N) is 2. The van der Waals surface area contributed by atoms with Crippen LogP contribution >= 0.6 is 0 Å². The van der Waals surface area contributed by atoms with Crippen LogP contribution in [-0.2, 0) is 11.0 Å². The zero-order valence-corrected chi connectivity index (χ0v) is 16.0. The Balaban J connectivity index is 2.15. The minimum atomic E-state index is -4.49. The molecule has 2 N–H and O–H groups in total. The summed E-state index contributed by atoms with van der Waals surface area (Å²) in [7, 11) is 1.46. The number of Topliss-reactive ketones (excluding diaryl/α,β-unsaturated/α-hetero) is 1. The molecule has 0 unspecified atom stereocenters. The van der Waals surface area contributed by atoms with E-state index in [1.54, 1.807) is 24.3 Å². The highest BCUT2D eigenvalue weighted by molar-refractivity contribution is 6.68. The van der Waals surface area contributed by atoms with Gasteiger partial charge in [0.15, 0.2) is 5.78 Å². The van der Waals surface area contributed by atoms with Crippen molar-refractivity contribution in [1.29, 1.82) is 10.8 Å². The highest BCUT2D eigenvalue weighted by atomic mass is 19.4. The van der Waals surface area contributed by atoms with Crippen molar-refractivity contribution in [3.8, 4) is 5.75 Å². The summed E-state index contributed by atoms with van der Waals surface area (Å²) in [6.07, 6.45) is -2.64. The molecule has 0 aliphatic rings. The molecule has 0 saturated carbocycles. The third-order valence-corrected chi connectivity index (χ3v) is 3.89. The van der Waals surface area contributed by atoms with Gasteiger partial charge in [-0.2, -0.15) is 13.2 Å². The van der Waals surface area contributed by atoms with Gasteiger partial charge in [-0.05, 0) is 30.3 Å². The summed E-state index contributed by atoms with van der Waals surface area (Å²) in [5.74, 6) is -0.174. The van der Waals surface area contributed by atoms with Crippen LogP contribution in [0.1, 0.15) is 18.4 Å². The van der Waals surface area contributed by atoms with Gasteiger partial charge in [0.2, 0.25) is 0 Å². The van der Waals surface area contributed by atoms with E-state index in [2.05, 4.69) is 9.98 Å². The first kappa shape index (κ1) is 22.7. The average molecular weight is 416 g/mol. The number of benzene rings is 2. The predicted molar refractivity (Wildman–Crippen MR) is 110 cm³/mol. The van der Waals surface area contributed by atoms with Gasteiger partial charge < -0.3 is 10.1 Å². The number of methoxy groups -OCH3 is 1. The molecule has 0 heterocycles. The van der Waals surface area contributed by atoms with E-state index in [0.717, 1.165) is 24.6 Å². The fourth-order valence-corrected chi connectivity index (χ4v) is 2.43. The number of aliphatic imine (C=N–C) groups is 2. The van der Waals surface area contributed by atoms with Crippen molar-refractivity contribution in [3.05, 3.63) is 54.1 Å². The lowest BCUT2D eigenvalue weighted by atomic mass is 10.1. The standard InChI is InChI=1S/C21H19F3N4O2/c1-30-19-8-3-2-7-16(19)28-17(9-11-25)20(26)18(29)10-12-27-15-6-4-5-14(13-15)21(22,23)24/h2-8,11-13,25-26H,9-10H2,1H3. The van der Waals surface area contributed by atoms with Crippen LogP contribution in [0.2, 0.25) is 0 Å². The number of alkyl halides is 3. The Morgan fingerprint density at radius 1 is 1.13 bits per heavy atom. The van der Waals surface area contributed by atoms with E-state index in [1.165, 1.54) is 19.2 Å². The molecule has 0 saturated heterocycles. The van der Waals surface area contributed by atoms with Gasteiger partial charge in [0, 0.05) is 25.3 Å². The van der Waals surface area contributed by atoms with Gasteiger partial charge in [0.25, 0.3) is 0 Å². The topological polar surface area (TPSA) is 98.7 Å². The van der Waals surface area contributed by atoms with E-state index in [9.17, 15) is 18.0 Å². The summed E-state index contributed by atoms with van der Waals surface area (Å²) >= 11 is 0. The number of carbonyl (C=O) groups is 1. The number of hydrogen-bond acceptors (Lipinski definition) is 6. The third kappa shape index (κ3) is 6.20. The first-order chi connectivity index (χ1) is 14.3. The van der Waals surface area contributed by atoms with Crippen LogP contribution < -0.4 is 4.74 Å². The molecule has 6 nitrogen and oxygen atoms in total. The molecule has 156 valence electrons. The van der Waals surface area contributed by atoms with Crippen LogP contribution in [-0.4, -0.2) is 36.7 Å². The van der Waals surface area contributed by atoms with E-state index in [1.807, 2.05) is 0 Å². The fraction of sp³-hybridized carbons (Fsp3) is 0.190. The highest BCUT2D eigenvalue weighted by Gasteiger charge is 2.30. The van der Waals surface area contributed by atoms with Crippen LogP contribution in [0.5, 0.6) is 5.75 Å². The number of hydrogen-bond donors (Lipinski definition) is 2. The van der Waals surface area contributed by atoms with Gasteiger partial charge in [-0.3, -0.25) is 15.2 Å². The van der Waals surface area contributed by atoms with Crippen LogP contribution in [0.25, 0.3) is 0 Å². The summed E-state index contributed by atoms with van der Waals surface area (Å²) in [6.45, 7) is 0. The molecule has 0 spiro atoms. The van der Waals surface area contributed by atoms with E-state index >= 15 is 0 Å². The number of ether oxygens (including phenoxy) is 1. The van der Waals surface area contributed by atoms with E-state index in [0.29, 0.717) is 11.4 Å². The van der Waals surface area contributed by atoms with Crippen LogP contribution in [0.15, 0.2) is 58.5 Å². The Morgan fingerprint density at radius 2 is 1.87 bits per heavy atom. The Labute approximate surface area is 171 Å². The third-order valence-electron chi connectivity index (χ3n) is 3.89. The van der Waals surface area contributed by atoms with Crippen LogP contribution in [0.4, 0.5) is 24.5 Å². The lowest BCUT2D eigenvalue weighted by Crippen LogP contribution is -2.23. The van der Waals surface area contributed by atoms with Crippen molar-refractivity contribution in [2.75, 3.05) is 7.11 Å². The zero-order chi connectivity index (χ0) is 22.1. The smallest absolute Gasteiger partial charge is 0.416 e. The Kier molecular flexibility index (Phi) is 7.74. The molecule has 0 aliphatic carbocycles. The average Bonchev–Trinajstić information content (AvgIpc) is 2.72. The summed E-state index contributed by atoms with van der Waals surface area (Å²) in [4.78, 5) is 20.5. The Hall–Kier alpha value is -3.62. The second-order valence-electron chi connectivity index (χ2n) is 6.00. The number of ketones is 1. The molecular weight excluding hydrogens is 397 g/mol. The molecule has 2 rings (SSSR count). The van der Waals surface area contributed by atoms with Gasteiger partial charge in [0.05, 0.1) is 24.1 Å². The molecule has 0 amide bonds. The summed E-state index contributed by atoms with van der Waals surface area (Å²) in [5, 5.41) is 15.4. The number of carbonyl (C=O) groups excluding carboxylic acids is 1. The van der Waals surface area contributed by atoms with Crippen molar-refractivity contribution in [2.45, 2.75) is 19.0 Å². The minimum absolute atomic E-state index is 0.0343.